The number of rotatable bonds is 7. The van der Waals surface area contributed by atoms with Crippen LogP contribution in [0, 0.1) is 16.7 Å². The maximum Gasteiger partial charge on any atom is 0.367 e. The van der Waals surface area contributed by atoms with Gasteiger partial charge in [0.1, 0.15) is 5.78 Å². The highest BCUT2D eigenvalue weighted by Crippen LogP contribution is 2.60. The number of carbonyl (C=O) groups excluding carboxylic acids is 3. The Bertz CT molecular complexity index is 607. The van der Waals surface area contributed by atoms with E-state index in [2.05, 4.69) is 26.8 Å². The third kappa shape index (κ3) is 4.99. The Morgan fingerprint density at radius 1 is 1.23 bits per heavy atom. The number of Topliss-reactive ketones (excluding diaryl/α,β-unsaturated/α-hetero) is 2. The lowest BCUT2D eigenvalue weighted by Gasteiger charge is -2.49. The van der Waals surface area contributed by atoms with E-state index in [1.54, 1.807) is 6.92 Å². The summed E-state index contributed by atoms with van der Waals surface area (Å²) in [7, 11) is 0. The normalized spacial score (nSPS) is 29.7. The second-order valence-corrected chi connectivity index (χ2v) is 10.0. The van der Waals surface area contributed by atoms with E-state index in [-0.39, 0.29) is 38.9 Å². The summed E-state index contributed by atoms with van der Waals surface area (Å²) in [5.74, 6) is 0.363. The Balaban J connectivity index is 2.18. The van der Waals surface area contributed by atoms with Crippen LogP contribution in [0.4, 0.5) is 4.79 Å². The topological polar surface area (TPSA) is 60.4 Å². The van der Waals surface area contributed by atoms with Crippen molar-refractivity contribution < 1.29 is 19.1 Å². The highest BCUT2D eigenvalue weighted by Gasteiger charge is 2.53. The van der Waals surface area contributed by atoms with Gasteiger partial charge in [-0.3, -0.25) is 4.79 Å². The number of fused-ring (bicyclic) bond motifs is 1. The lowest BCUT2D eigenvalue weighted by Crippen LogP contribution is -2.45. The minimum atomic E-state index is -0.243. The Morgan fingerprint density at radius 2 is 1.92 bits per heavy atom. The molecular formula is C21H32O4S. The smallest absolute Gasteiger partial charge is 0.367 e. The van der Waals surface area contributed by atoms with Gasteiger partial charge in [0.05, 0.1) is 6.61 Å². The van der Waals surface area contributed by atoms with Crippen molar-refractivity contribution in [2.45, 2.75) is 78.4 Å². The van der Waals surface area contributed by atoms with Gasteiger partial charge in [-0.2, -0.15) is 0 Å². The molecule has 0 aromatic heterocycles. The van der Waals surface area contributed by atoms with Gasteiger partial charge in [-0.25, -0.2) is 4.79 Å². The first-order chi connectivity index (χ1) is 12.1. The Labute approximate surface area is 161 Å². The molecule has 0 amide bonds. The van der Waals surface area contributed by atoms with Crippen molar-refractivity contribution in [3.8, 4) is 0 Å². The Kier molecular flexibility index (Phi) is 6.75. The average Bonchev–Trinajstić information content (AvgIpc) is 2.82. The standard InChI is InChI=1S/C21H32O4S/c1-6-25-19(24)26-17-12-20(3,4)13-21(5)11-10-15(18(17)21)16(23)9-7-8-14(2)22/h10,17-18H,6-9,11-13H2,1-5H3/t17-,18+,21-/m1/s1. The van der Waals surface area contributed by atoms with E-state index < -0.39 is 0 Å². The predicted octanol–water partition coefficient (Wildman–Crippen LogP) is 5.35. The first-order valence-corrected chi connectivity index (χ1v) is 10.5. The molecule has 3 atom stereocenters. The van der Waals surface area contributed by atoms with Crippen LogP contribution in [0.2, 0.25) is 0 Å². The summed E-state index contributed by atoms with van der Waals surface area (Å²) in [6.45, 7) is 10.5. The molecule has 146 valence electrons. The fourth-order valence-electron chi connectivity index (χ4n) is 4.95. The number of ether oxygens (including phenoxy) is 1. The van der Waals surface area contributed by atoms with Gasteiger partial charge in [-0.1, -0.05) is 26.8 Å². The summed E-state index contributed by atoms with van der Waals surface area (Å²) >= 11 is 1.26. The van der Waals surface area contributed by atoms with E-state index in [0.717, 1.165) is 24.8 Å². The molecule has 2 aliphatic rings. The van der Waals surface area contributed by atoms with E-state index in [4.69, 9.17) is 4.74 Å². The van der Waals surface area contributed by atoms with Crippen LogP contribution in [0.3, 0.4) is 0 Å². The molecule has 1 fully saturated rings. The van der Waals surface area contributed by atoms with Crippen LogP contribution >= 0.6 is 11.8 Å². The maximum absolute atomic E-state index is 12.8. The zero-order valence-corrected chi connectivity index (χ0v) is 17.5. The number of hydrogen-bond acceptors (Lipinski definition) is 5. The third-order valence-corrected chi connectivity index (χ3v) is 6.70. The molecule has 0 unspecified atom stereocenters. The van der Waals surface area contributed by atoms with Crippen LogP contribution in [-0.4, -0.2) is 28.7 Å². The van der Waals surface area contributed by atoms with Crippen molar-refractivity contribution >= 4 is 28.6 Å². The van der Waals surface area contributed by atoms with Crippen molar-refractivity contribution in [2.75, 3.05) is 6.61 Å². The molecule has 0 heterocycles. The number of ketones is 2. The van der Waals surface area contributed by atoms with Gasteiger partial charge < -0.3 is 9.53 Å². The van der Waals surface area contributed by atoms with Crippen LogP contribution in [0.25, 0.3) is 0 Å². The summed E-state index contributed by atoms with van der Waals surface area (Å²) in [4.78, 5) is 36.1. The first kappa shape index (κ1) is 21.2. The van der Waals surface area contributed by atoms with E-state index in [9.17, 15) is 14.4 Å². The molecule has 0 aromatic carbocycles. The predicted molar refractivity (Wildman–Crippen MR) is 105 cm³/mol. The zero-order valence-electron chi connectivity index (χ0n) is 16.7. The molecule has 1 saturated carbocycles. The number of allylic oxidation sites excluding steroid dienone is 2. The molecule has 4 nitrogen and oxygen atoms in total. The van der Waals surface area contributed by atoms with E-state index in [1.165, 1.54) is 11.8 Å². The largest absolute Gasteiger partial charge is 0.458 e. The zero-order chi connectivity index (χ0) is 19.5. The maximum atomic E-state index is 12.8. The number of carbonyl (C=O) groups is 3. The lowest BCUT2D eigenvalue weighted by molar-refractivity contribution is -0.118. The van der Waals surface area contributed by atoms with E-state index in [1.807, 2.05) is 6.92 Å². The molecule has 0 N–H and O–H groups in total. The van der Waals surface area contributed by atoms with Gasteiger partial charge in [0.2, 0.25) is 0 Å². The molecule has 26 heavy (non-hydrogen) atoms. The van der Waals surface area contributed by atoms with Crippen molar-refractivity contribution in [3.05, 3.63) is 11.6 Å². The number of hydrogen-bond donors (Lipinski definition) is 0. The molecule has 0 spiro atoms. The van der Waals surface area contributed by atoms with Gasteiger partial charge in [0.25, 0.3) is 0 Å². The summed E-state index contributed by atoms with van der Waals surface area (Å²) in [5.41, 5.74) is 1.03. The first-order valence-electron chi connectivity index (χ1n) is 9.64. The van der Waals surface area contributed by atoms with Crippen molar-refractivity contribution in [2.24, 2.45) is 16.7 Å². The molecule has 2 rings (SSSR count). The highest BCUT2D eigenvalue weighted by atomic mass is 32.2. The van der Waals surface area contributed by atoms with Crippen molar-refractivity contribution in [1.82, 2.24) is 0 Å². The number of thioether (sulfide) groups is 1. The van der Waals surface area contributed by atoms with Crippen molar-refractivity contribution in [3.63, 3.8) is 0 Å². The monoisotopic (exact) mass is 380 g/mol. The van der Waals surface area contributed by atoms with Gasteiger partial charge in [0, 0.05) is 24.0 Å². The molecule has 2 aliphatic carbocycles. The quantitative estimate of drug-likeness (QED) is 0.558. The Morgan fingerprint density at radius 3 is 2.54 bits per heavy atom. The van der Waals surface area contributed by atoms with E-state index >= 15 is 0 Å². The minimum absolute atomic E-state index is 0.0114. The van der Waals surface area contributed by atoms with Crippen molar-refractivity contribution in [1.29, 1.82) is 0 Å². The molecule has 0 aromatic rings. The Hall–Kier alpha value is -1.10. The summed E-state index contributed by atoms with van der Waals surface area (Å²) in [6.07, 6.45) is 6.40. The summed E-state index contributed by atoms with van der Waals surface area (Å²) in [6, 6.07) is 0. The van der Waals surface area contributed by atoms with Gasteiger partial charge in [-0.15, -0.1) is 0 Å². The van der Waals surface area contributed by atoms with Crippen LogP contribution in [0.15, 0.2) is 11.6 Å². The molecule has 5 heteroatoms. The molecule has 0 saturated heterocycles. The molecular weight excluding hydrogens is 348 g/mol. The lowest BCUT2D eigenvalue weighted by atomic mass is 9.58. The van der Waals surface area contributed by atoms with Crippen LogP contribution in [-0.2, 0) is 14.3 Å². The fourth-order valence-corrected chi connectivity index (χ4v) is 6.53. The van der Waals surface area contributed by atoms with Crippen LogP contribution in [0.5, 0.6) is 0 Å². The van der Waals surface area contributed by atoms with Gasteiger partial charge >= 0.3 is 5.30 Å². The summed E-state index contributed by atoms with van der Waals surface area (Å²) in [5, 5.41) is -0.180. The van der Waals surface area contributed by atoms with Crippen LogP contribution < -0.4 is 0 Å². The molecule has 0 bridgehead atoms. The van der Waals surface area contributed by atoms with Gasteiger partial charge in [-0.05, 0) is 67.7 Å². The summed E-state index contributed by atoms with van der Waals surface area (Å²) < 4.78 is 5.16. The average molecular weight is 381 g/mol. The van der Waals surface area contributed by atoms with E-state index in [0.29, 0.717) is 25.9 Å². The van der Waals surface area contributed by atoms with Gasteiger partial charge in [0.15, 0.2) is 5.78 Å². The molecule has 0 aliphatic heterocycles. The second kappa shape index (κ2) is 8.28. The SMILES string of the molecule is CCOC(=O)S[C@@H]1CC(C)(C)C[C@@]2(C)CC=C(C(=O)CCCC(C)=O)[C@@H]12. The fraction of sp³-hybridized carbons (Fsp3) is 0.762. The second-order valence-electron chi connectivity index (χ2n) is 8.86. The highest BCUT2D eigenvalue weighted by molar-refractivity contribution is 8.13. The van der Waals surface area contributed by atoms with Crippen LogP contribution in [0.1, 0.15) is 73.1 Å². The third-order valence-electron chi connectivity index (χ3n) is 5.65. The minimum Gasteiger partial charge on any atom is -0.458 e. The molecule has 0 radical (unpaired) electrons.